The van der Waals surface area contributed by atoms with Gasteiger partial charge in [-0.25, -0.2) is 8.42 Å². The van der Waals surface area contributed by atoms with Gasteiger partial charge in [0, 0.05) is 69.0 Å². The highest BCUT2D eigenvalue weighted by atomic mass is 35.5. The minimum atomic E-state index is -4.77. The Balaban J connectivity index is 1.30. The predicted molar refractivity (Wildman–Crippen MR) is 378 cm³/mol. The van der Waals surface area contributed by atoms with Crippen LogP contribution in [0.25, 0.3) is 0 Å². The summed E-state index contributed by atoms with van der Waals surface area (Å²) in [5, 5.41) is 8.07. The van der Waals surface area contributed by atoms with Crippen molar-refractivity contribution in [2.45, 2.75) is 223 Å². The third-order valence-electron chi connectivity index (χ3n) is 22.3. The van der Waals surface area contributed by atoms with Gasteiger partial charge >= 0.3 is 6.18 Å². The van der Waals surface area contributed by atoms with Crippen molar-refractivity contribution in [1.29, 1.82) is 0 Å². The smallest absolute Gasteiger partial charge is 0.343 e. The summed E-state index contributed by atoms with van der Waals surface area (Å²) >= 11 is 6.16. The molecular formula is C72H110ClF3N12O14S. The molecule has 1 aromatic carbocycles. The lowest BCUT2D eigenvalue weighted by Gasteiger charge is -2.43. The van der Waals surface area contributed by atoms with E-state index in [1.165, 1.54) is 75.0 Å². The molecule has 1 unspecified atom stereocenters. The van der Waals surface area contributed by atoms with Crippen LogP contribution in [0, 0.1) is 23.7 Å². The zero-order chi connectivity index (χ0) is 76.2. The third kappa shape index (κ3) is 21.1. The molecule has 3 N–H and O–H groups in total. The molecule has 6 aliphatic rings. The van der Waals surface area contributed by atoms with Gasteiger partial charge in [-0.05, 0) is 106 Å². The van der Waals surface area contributed by atoms with E-state index in [-0.39, 0.29) is 93.5 Å². The predicted octanol–water partition coefficient (Wildman–Crippen LogP) is 4.67. The summed E-state index contributed by atoms with van der Waals surface area (Å²) in [7, 11) is 6.14. The zero-order valence-electron chi connectivity index (χ0n) is 62.0. The second kappa shape index (κ2) is 36.3. The number of nitrogens with zero attached hydrogens (tertiary/aromatic N) is 9. The SMILES string of the molecule is CC[C@H](C)[C@@H]1NC(=O)[C@H](CC(C)C)N(C)C(=O)C[C@@H](C(=O)N2CCS(=O)(=O)CC2)N(C)C(=O)[C@H](C2CCCCC2)N(C)C(=O)C2(CCCC2)NC(=O)C2CCCN2C(=O)[C@H](CCc2ccc(C(F)(F)F)c(Cl)c2)NC(=O)CN(C)C(=O)[C@H](CC2CCCCC2)N(C)C(=O)CN(C)C(=O)CN(C)C1=O. The van der Waals surface area contributed by atoms with Crippen molar-refractivity contribution in [2.24, 2.45) is 23.7 Å². The van der Waals surface area contributed by atoms with Gasteiger partial charge in [0.15, 0.2) is 9.84 Å². The standard InChI is InChI=1S/C72H110ClF3N12O14S/c1-12-46(4)61-68(98)82(7)43-59(91)80(5)44-60(92)84(9)55(40-47-22-15-13-16-23-47)66(96)81(6)42-57(89)77-52(30-28-48-27-29-50(51(73)39-48)72(74,75)76)65(95)88-33-21-26-53(88)64(94)79-71(31-19-20-32-71)70(100)86(11)62(49-24-17-14-18-25-49)69(99)85(10)56(67(97)87-34-36-103(101,102)37-35-87)41-58(90)83(8)54(38-45(2)3)63(93)78-61/h27,29,39,45-47,49,52-56,61-62H,12-26,28,30-38,40-44H2,1-11H3,(H,77,89)(H,78,93)(H,79,94)/t46-,52-,53?,54-,55-,56-,61-,62-/m0/s1. The summed E-state index contributed by atoms with van der Waals surface area (Å²) in [6.45, 7) is 4.95. The van der Waals surface area contributed by atoms with Gasteiger partial charge in [0.2, 0.25) is 70.9 Å². The molecule has 3 heterocycles. The summed E-state index contributed by atoms with van der Waals surface area (Å²) in [5.74, 6) is -10.5. The molecule has 6 fully saturated rings. The Labute approximate surface area is 609 Å². The van der Waals surface area contributed by atoms with Gasteiger partial charge in [-0.2, -0.15) is 13.2 Å². The molecule has 576 valence electrons. The first-order chi connectivity index (χ1) is 48.4. The number of benzene rings is 1. The Morgan fingerprint density at radius 1 is 0.641 bits per heavy atom. The number of hydrogen-bond donors (Lipinski definition) is 3. The fourth-order valence-electron chi connectivity index (χ4n) is 15.7. The lowest BCUT2D eigenvalue weighted by Crippen LogP contribution is -2.65. The second-order valence-corrected chi connectivity index (χ2v) is 33.0. The van der Waals surface area contributed by atoms with Gasteiger partial charge in [-0.15, -0.1) is 0 Å². The van der Waals surface area contributed by atoms with Gasteiger partial charge in [0.05, 0.1) is 48.1 Å². The van der Waals surface area contributed by atoms with E-state index >= 15 is 28.8 Å². The number of likely N-dealkylation sites (N-methyl/N-ethyl adjacent to an activating group) is 7. The summed E-state index contributed by atoms with van der Waals surface area (Å²) in [4.78, 5) is 190. The van der Waals surface area contributed by atoms with E-state index in [1.807, 2.05) is 13.8 Å². The van der Waals surface area contributed by atoms with E-state index in [4.69, 9.17) is 11.6 Å². The Morgan fingerprint density at radius 2 is 1.23 bits per heavy atom. The number of fused-ring (bicyclic) bond motifs is 1. The van der Waals surface area contributed by atoms with E-state index in [0.717, 1.165) is 75.2 Å². The highest BCUT2D eigenvalue weighted by Gasteiger charge is 2.52. The molecule has 31 heteroatoms. The minimum Gasteiger partial charge on any atom is -0.343 e. The largest absolute Gasteiger partial charge is 0.417 e. The molecule has 0 bridgehead atoms. The van der Waals surface area contributed by atoms with Crippen LogP contribution >= 0.6 is 11.6 Å². The van der Waals surface area contributed by atoms with Gasteiger partial charge in [-0.3, -0.25) is 57.5 Å². The molecule has 3 aliphatic carbocycles. The fraction of sp³-hybridized carbons (Fsp3) is 0.750. The first-order valence-corrected chi connectivity index (χ1v) is 39.0. The number of alkyl halides is 3. The fourth-order valence-corrected chi connectivity index (χ4v) is 17.2. The van der Waals surface area contributed by atoms with Crippen molar-refractivity contribution in [3.05, 3.63) is 34.3 Å². The molecule has 3 saturated heterocycles. The monoisotopic (exact) mass is 1490 g/mol. The molecule has 0 aromatic heterocycles. The Bertz CT molecular complexity index is 3370. The summed E-state index contributed by atoms with van der Waals surface area (Å²) in [6.07, 6.45) is 3.86. The Kier molecular flexibility index (Phi) is 29.3. The number of halogens is 4. The summed E-state index contributed by atoms with van der Waals surface area (Å²) in [5.41, 5.74) is -2.44. The number of aryl methyl sites for hydroxylation is 1. The number of nitrogens with one attached hydrogen (secondary N) is 3. The average Bonchev–Trinajstić information content (AvgIpc) is 1.76. The second-order valence-electron chi connectivity index (χ2n) is 30.3. The van der Waals surface area contributed by atoms with E-state index in [1.54, 1.807) is 13.8 Å². The maximum absolute atomic E-state index is 15.8. The van der Waals surface area contributed by atoms with Crippen LogP contribution in [0.4, 0.5) is 13.2 Å². The third-order valence-corrected chi connectivity index (χ3v) is 24.3. The number of rotatable bonds is 11. The molecule has 3 saturated carbocycles. The molecule has 8 atom stereocenters. The quantitative estimate of drug-likeness (QED) is 0.271. The van der Waals surface area contributed by atoms with Crippen LogP contribution in [0.3, 0.4) is 0 Å². The summed E-state index contributed by atoms with van der Waals surface area (Å²) in [6, 6.07) is -6.12. The van der Waals surface area contributed by atoms with Gasteiger partial charge < -0.3 is 60.0 Å². The molecule has 1 spiro atoms. The normalized spacial score (nSPS) is 27.0. The molecule has 0 radical (unpaired) electrons. The Hall–Kier alpha value is -7.11. The molecule has 1 aromatic rings. The molecular weight excluding hydrogens is 1380 g/mol. The van der Waals surface area contributed by atoms with E-state index < -0.39 is 183 Å². The molecule has 26 nitrogen and oxygen atoms in total. The summed E-state index contributed by atoms with van der Waals surface area (Å²) < 4.78 is 67.2. The minimum absolute atomic E-state index is 0.00274. The average molecular weight is 1490 g/mol. The van der Waals surface area contributed by atoms with E-state index in [2.05, 4.69) is 16.0 Å². The maximum Gasteiger partial charge on any atom is 0.417 e. The highest BCUT2D eigenvalue weighted by Crippen LogP contribution is 2.39. The van der Waals surface area contributed by atoms with Gasteiger partial charge in [0.1, 0.15) is 47.8 Å². The van der Waals surface area contributed by atoms with Crippen LogP contribution < -0.4 is 16.0 Å². The van der Waals surface area contributed by atoms with E-state index in [0.29, 0.717) is 51.4 Å². The Morgan fingerprint density at radius 3 is 1.83 bits per heavy atom. The molecule has 103 heavy (non-hydrogen) atoms. The number of hydrogen-bond acceptors (Lipinski definition) is 14. The van der Waals surface area contributed by atoms with Crippen molar-refractivity contribution in [2.75, 3.05) is 100 Å². The zero-order valence-corrected chi connectivity index (χ0v) is 63.5. The maximum atomic E-state index is 15.8. The number of amides is 12. The van der Waals surface area contributed by atoms with Crippen molar-refractivity contribution >= 4 is 92.3 Å². The van der Waals surface area contributed by atoms with Crippen molar-refractivity contribution in [1.82, 2.24) is 60.0 Å². The number of sulfone groups is 1. The lowest BCUT2D eigenvalue weighted by atomic mass is 9.81. The van der Waals surface area contributed by atoms with Crippen LogP contribution in [0.15, 0.2) is 18.2 Å². The van der Waals surface area contributed by atoms with Crippen molar-refractivity contribution < 1.29 is 79.1 Å². The molecule has 12 amide bonds. The van der Waals surface area contributed by atoms with Gasteiger partial charge in [0.25, 0.3) is 0 Å². The van der Waals surface area contributed by atoms with Crippen molar-refractivity contribution in [3.63, 3.8) is 0 Å². The van der Waals surface area contributed by atoms with Crippen LogP contribution in [-0.4, -0.2) is 271 Å². The topological polar surface area (TPSA) is 304 Å². The number of carbonyl (C=O) groups is 12. The van der Waals surface area contributed by atoms with Crippen LogP contribution in [0.5, 0.6) is 0 Å². The molecule has 7 rings (SSSR count). The van der Waals surface area contributed by atoms with Crippen LogP contribution in [0.1, 0.15) is 174 Å². The highest BCUT2D eigenvalue weighted by molar-refractivity contribution is 7.91. The van der Waals surface area contributed by atoms with E-state index in [9.17, 15) is 50.4 Å². The first kappa shape index (κ1) is 83.2. The number of carbonyl (C=O) groups excluding carboxylic acids is 12. The van der Waals surface area contributed by atoms with Crippen LogP contribution in [-0.2, 0) is 80.0 Å². The molecule has 3 aliphatic heterocycles. The first-order valence-electron chi connectivity index (χ1n) is 36.8. The van der Waals surface area contributed by atoms with Crippen LogP contribution in [0.2, 0.25) is 5.02 Å². The van der Waals surface area contributed by atoms with Crippen molar-refractivity contribution in [3.8, 4) is 0 Å². The lowest BCUT2D eigenvalue weighted by molar-refractivity contribution is -0.157. The van der Waals surface area contributed by atoms with Gasteiger partial charge in [-0.1, -0.05) is 116 Å².